The number of ether oxygens (including phenoxy) is 2. The van der Waals surface area contributed by atoms with Crippen LogP contribution in [0.4, 0.5) is 0 Å². The number of unbranched alkanes of at least 4 members (excludes halogenated alkanes) is 5. The summed E-state index contributed by atoms with van der Waals surface area (Å²) in [4.78, 5) is 11.2. The normalized spacial score (nSPS) is 10.2. The van der Waals surface area contributed by atoms with Gasteiger partial charge in [-0.15, -0.1) is 0 Å². The van der Waals surface area contributed by atoms with Crippen LogP contribution in [0.15, 0.2) is 12.2 Å². The first-order valence-electron chi connectivity index (χ1n) is 6.65. The van der Waals surface area contributed by atoms with E-state index in [0.29, 0.717) is 18.8 Å². The lowest BCUT2D eigenvalue weighted by atomic mass is 10.1. The first-order chi connectivity index (χ1) is 8.22. The molecule has 0 radical (unpaired) electrons. The highest BCUT2D eigenvalue weighted by Crippen LogP contribution is 2.05. The second-order valence-electron chi connectivity index (χ2n) is 4.14. The molecule has 0 amide bonds. The minimum Gasteiger partial charge on any atom is -0.463 e. The third kappa shape index (κ3) is 10.1. The van der Waals surface area contributed by atoms with Crippen LogP contribution in [-0.2, 0) is 14.3 Å². The van der Waals surface area contributed by atoms with Crippen LogP contribution in [-0.4, -0.2) is 25.8 Å². The van der Waals surface area contributed by atoms with Gasteiger partial charge in [-0.05, 0) is 13.3 Å². The van der Waals surface area contributed by atoms with E-state index in [9.17, 15) is 4.79 Å². The fourth-order valence-electron chi connectivity index (χ4n) is 1.47. The van der Waals surface area contributed by atoms with Gasteiger partial charge in [0, 0.05) is 6.61 Å². The summed E-state index contributed by atoms with van der Waals surface area (Å²) >= 11 is 0. The van der Waals surface area contributed by atoms with Crippen LogP contribution >= 0.6 is 0 Å². The molecule has 17 heavy (non-hydrogen) atoms. The molecule has 0 unspecified atom stereocenters. The maximum atomic E-state index is 11.2. The second kappa shape index (κ2) is 11.6. The number of rotatable bonds is 11. The molecule has 100 valence electrons. The number of esters is 1. The molecule has 0 aromatic carbocycles. The van der Waals surface area contributed by atoms with E-state index in [1.807, 2.05) is 0 Å². The fourth-order valence-corrected chi connectivity index (χ4v) is 1.47. The van der Waals surface area contributed by atoms with Crippen LogP contribution in [0.3, 0.4) is 0 Å². The lowest BCUT2D eigenvalue weighted by Gasteiger charge is -2.06. The zero-order valence-corrected chi connectivity index (χ0v) is 11.3. The molecule has 0 rings (SSSR count). The molecule has 0 fully saturated rings. The molecule has 0 atom stereocenters. The quantitative estimate of drug-likeness (QED) is 0.316. The van der Waals surface area contributed by atoms with E-state index in [1.165, 1.54) is 32.1 Å². The van der Waals surface area contributed by atoms with Crippen molar-refractivity contribution in [3.8, 4) is 0 Å². The van der Waals surface area contributed by atoms with Crippen LogP contribution in [0.25, 0.3) is 0 Å². The summed E-state index contributed by atoms with van der Waals surface area (Å²) in [5, 5.41) is 0. The van der Waals surface area contributed by atoms with Gasteiger partial charge in [-0.25, -0.2) is 4.79 Å². The Morgan fingerprint density at radius 3 is 2.35 bits per heavy atom. The summed E-state index contributed by atoms with van der Waals surface area (Å²) in [5.74, 6) is -0.351. The third-order valence-electron chi connectivity index (χ3n) is 2.48. The molecular formula is C14H26O3. The van der Waals surface area contributed by atoms with Crippen LogP contribution in [0.5, 0.6) is 0 Å². The summed E-state index contributed by atoms with van der Waals surface area (Å²) in [7, 11) is 0. The summed E-state index contributed by atoms with van der Waals surface area (Å²) in [5.41, 5.74) is 0.401. The van der Waals surface area contributed by atoms with E-state index in [4.69, 9.17) is 9.47 Å². The van der Waals surface area contributed by atoms with Crippen molar-refractivity contribution >= 4 is 5.97 Å². The fraction of sp³-hybridized carbons (Fsp3) is 0.786. The third-order valence-corrected chi connectivity index (χ3v) is 2.48. The van der Waals surface area contributed by atoms with Gasteiger partial charge < -0.3 is 9.47 Å². The van der Waals surface area contributed by atoms with Gasteiger partial charge in [0.05, 0.1) is 18.8 Å². The first-order valence-corrected chi connectivity index (χ1v) is 6.65. The highest BCUT2D eigenvalue weighted by Gasteiger charge is 2.06. The van der Waals surface area contributed by atoms with Gasteiger partial charge in [0.15, 0.2) is 0 Å². The Labute approximate surface area is 105 Å². The smallest absolute Gasteiger partial charge is 0.335 e. The predicted molar refractivity (Wildman–Crippen MR) is 70.0 cm³/mol. The maximum absolute atomic E-state index is 11.2. The van der Waals surface area contributed by atoms with Gasteiger partial charge in [0.25, 0.3) is 0 Å². The van der Waals surface area contributed by atoms with Gasteiger partial charge in [-0.2, -0.15) is 0 Å². The number of hydrogen-bond acceptors (Lipinski definition) is 3. The average molecular weight is 242 g/mol. The van der Waals surface area contributed by atoms with Gasteiger partial charge >= 0.3 is 5.97 Å². The summed E-state index contributed by atoms with van der Waals surface area (Å²) in [6, 6.07) is 0. The Kier molecular flexibility index (Phi) is 11.1. The maximum Gasteiger partial charge on any atom is 0.335 e. The van der Waals surface area contributed by atoms with E-state index in [2.05, 4.69) is 13.5 Å². The van der Waals surface area contributed by atoms with Gasteiger partial charge in [0.2, 0.25) is 0 Å². The number of carbonyl (C=O) groups excluding carboxylic acids is 1. The Bertz CT molecular complexity index is 212. The van der Waals surface area contributed by atoms with E-state index in [1.54, 1.807) is 6.92 Å². The van der Waals surface area contributed by atoms with Gasteiger partial charge in [-0.3, -0.25) is 0 Å². The van der Waals surface area contributed by atoms with Crippen LogP contribution in [0, 0.1) is 0 Å². The van der Waals surface area contributed by atoms with Crippen molar-refractivity contribution in [3.63, 3.8) is 0 Å². The van der Waals surface area contributed by atoms with Gasteiger partial charge in [-0.1, -0.05) is 45.6 Å². The van der Waals surface area contributed by atoms with Gasteiger partial charge in [0.1, 0.15) is 0 Å². The van der Waals surface area contributed by atoms with Crippen molar-refractivity contribution in [1.29, 1.82) is 0 Å². The zero-order chi connectivity index (χ0) is 12.9. The molecule has 0 spiro atoms. The van der Waals surface area contributed by atoms with E-state index in [-0.39, 0.29) is 12.6 Å². The zero-order valence-electron chi connectivity index (χ0n) is 11.3. The van der Waals surface area contributed by atoms with Crippen LogP contribution in [0.1, 0.15) is 52.4 Å². The van der Waals surface area contributed by atoms with E-state index < -0.39 is 0 Å². The molecule has 0 aliphatic rings. The number of carbonyl (C=O) groups is 1. The SMILES string of the molecule is C=C(COCCCCCCCC)C(=O)OCC. The van der Waals surface area contributed by atoms with Crippen molar-refractivity contribution in [1.82, 2.24) is 0 Å². The lowest BCUT2D eigenvalue weighted by Crippen LogP contribution is -2.12. The Morgan fingerprint density at radius 1 is 1.06 bits per heavy atom. The standard InChI is InChI=1S/C14H26O3/c1-4-6-7-8-9-10-11-16-12-13(3)14(15)17-5-2/h3-12H2,1-2H3. The topological polar surface area (TPSA) is 35.5 Å². The highest BCUT2D eigenvalue weighted by atomic mass is 16.5. The summed E-state index contributed by atoms with van der Waals surface area (Å²) in [6.07, 6.45) is 7.43. The minimum absolute atomic E-state index is 0.286. The Balaban J connectivity index is 3.27. The predicted octanol–water partition coefficient (Wildman–Crippen LogP) is 3.48. The average Bonchev–Trinajstić information content (AvgIpc) is 2.32. The van der Waals surface area contributed by atoms with Crippen molar-refractivity contribution < 1.29 is 14.3 Å². The molecule has 3 heteroatoms. The monoisotopic (exact) mass is 242 g/mol. The lowest BCUT2D eigenvalue weighted by molar-refractivity contribution is -0.139. The van der Waals surface area contributed by atoms with Crippen LogP contribution in [0.2, 0.25) is 0 Å². The second-order valence-corrected chi connectivity index (χ2v) is 4.14. The molecule has 0 N–H and O–H groups in total. The van der Waals surface area contributed by atoms with Crippen molar-refractivity contribution in [2.75, 3.05) is 19.8 Å². The van der Waals surface area contributed by atoms with E-state index in [0.717, 1.165) is 6.42 Å². The molecular weight excluding hydrogens is 216 g/mol. The molecule has 0 bridgehead atoms. The minimum atomic E-state index is -0.351. The molecule has 0 saturated heterocycles. The molecule has 3 nitrogen and oxygen atoms in total. The largest absolute Gasteiger partial charge is 0.463 e. The van der Waals surface area contributed by atoms with Crippen LogP contribution < -0.4 is 0 Å². The Hall–Kier alpha value is -0.830. The molecule has 0 aliphatic carbocycles. The van der Waals surface area contributed by atoms with Crippen molar-refractivity contribution in [2.45, 2.75) is 52.4 Å². The molecule has 0 aromatic heterocycles. The molecule has 0 aromatic rings. The highest BCUT2D eigenvalue weighted by molar-refractivity contribution is 5.87. The Morgan fingerprint density at radius 2 is 1.71 bits per heavy atom. The molecule has 0 aliphatic heterocycles. The van der Waals surface area contributed by atoms with E-state index >= 15 is 0 Å². The first kappa shape index (κ1) is 16.2. The molecule has 0 saturated carbocycles. The summed E-state index contributed by atoms with van der Waals surface area (Å²) < 4.78 is 10.2. The molecule has 0 heterocycles. The number of hydrogen-bond donors (Lipinski definition) is 0. The van der Waals surface area contributed by atoms with Crippen molar-refractivity contribution in [2.24, 2.45) is 0 Å². The summed E-state index contributed by atoms with van der Waals surface area (Å²) in [6.45, 7) is 8.99. The van der Waals surface area contributed by atoms with Crippen molar-refractivity contribution in [3.05, 3.63) is 12.2 Å².